The molecule has 2 aromatic carbocycles. The third-order valence-electron chi connectivity index (χ3n) is 2.57. The van der Waals surface area contributed by atoms with Crippen molar-refractivity contribution >= 4 is 33.4 Å². The van der Waals surface area contributed by atoms with Gasteiger partial charge in [0.15, 0.2) is 0 Å². The highest BCUT2D eigenvalue weighted by Gasteiger charge is 2.10. The zero-order valence-corrected chi connectivity index (χ0v) is 12.2. The van der Waals surface area contributed by atoms with Crippen molar-refractivity contribution in [3.63, 3.8) is 0 Å². The number of amides is 1. The molecule has 0 spiro atoms. The van der Waals surface area contributed by atoms with E-state index in [9.17, 15) is 4.79 Å². The van der Waals surface area contributed by atoms with Gasteiger partial charge < -0.3 is 10.4 Å². The van der Waals surface area contributed by atoms with Crippen molar-refractivity contribution in [3.8, 4) is 5.75 Å². The molecule has 0 radical (unpaired) electrons. The molecule has 0 saturated heterocycles. The molecule has 1 amide bonds. The Hall–Kier alpha value is -1.52. The van der Waals surface area contributed by atoms with Crippen LogP contribution in [0.4, 0.5) is 0 Å². The molecule has 0 saturated carbocycles. The number of nitrogens with one attached hydrogen (secondary N) is 1. The van der Waals surface area contributed by atoms with Gasteiger partial charge in [-0.15, -0.1) is 0 Å². The van der Waals surface area contributed by atoms with Crippen molar-refractivity contribution in [3.05, 3.63) is 63.1 Å². The predicted octanol–water partition coefficient (Wildman–Crippen LogP) is 3.74. The third kappa shape index (κ3) is 3.72. The lowest BCUT2D eigenvalue weighted by atomic mass is 10.2. The van der Waals surface area contributed by atoms with Gasteiger partial charge in [0.05, 0.1) is 10.6 Å². The first-order chi connectivity index (χ1) is 9.06. The number of phenols is 1. The van der Waals surface area contributed by atoms with Crippen molar-refractivity contribution < 1.29 is 9.90 Å². The molecule has 0 aromatic heterocycles. The molecule has 2 rings (SSSR count). The van der Waals surface area contributed by atoms with Gasteiger partial charge in [-0.1, -0.05) is 39.7 Å². The zero-order valence-electron chi connectivity index (χ0n) is 9.86. The molecule has 2 aromatic rings. The second-order valence-electron chi connectivity index (χ2n) is 3.97. The van der Waals surface area contributed by atoms with E-state index >= 15 is 0 Å². The van der Waals surface area contributed by atoms with Gasteiger partial charge in [-0.2, -0.15) is 0 Å². The average molecular weight is 341 g/mol. The number of halogens is 2. The monoisotopic (exact) mass is 339 g/mol. The molecule has 2 N–H and O–H groups in total. The van der Waals surface area contributed by atoms with Gasteiger partial charge in [0.2, 0.25) is 0 Å². The van der Waals surface area contributed by atoms with Crippen molar-refractivity contribution in [2.75, 3.05) is 0 Å². The second kappa shape index (κ2) is 6.08. The largest absolute Gasteiger partial charge is 0.508 e. The van der Waals surface area contributed by atoms with E-state index in [1.54, 1.807) is 42.5 Å². The van der Waals surface area contributed by atoms with Crippen LogP contribution >= 0.6 is 27.5 Å². The lowest BCUT2D eigenvalue weighted by molar-refractivity contribution is 0.0951. The molecule has 0 atom stereocenters. The van der Waals surface area contributed by atoms with E-state index in [4.69, 9.17) is 16.7 Å². The number of aromatic hydroxyl groups is 1. The van der Waals surface area contributed by atoms with E-state index in [1.807, 2.05) is 0 Å². The highest BCUT2D eigenvalue weighted by Crippen LogP contribution is 2.21. The van der Waals surface area contributed by atoms with E-state index in [1.165, 1.54) is 0 Å². The van der Waals surface area contributed by atoms with Crippen molar-refractivity contribution in [1.82, 2.24) is 5.32 Å². The molecule has 98 valence electrons. The van der Waals surface area contributed by atoms with Crippen LogP contribution in [0.5, 0.6) is 5.75 Å². The Kier molecular flexibility index (Phi) is 4.45. The maximum Gasteiger partial charge on any atom is 0.253 e. The highest BCUT2D eigenvalue weighted by molar-refractivity contribution is 9.10. The molecule has 0 fully saturated rings. The fraction of sp³-hybridized carbons (Fsp3) is 0.0714. The molecule has 0 aliphatic carbocycles. The van der Waals surface area contributed by atoms with Gasteiger partial charge in [0.25, 0.3) is 5.91 Å². The summed E-state index contributed by atoms with van der Waals surface area (Å²) in [5, 5.41) is 12.3. The summed E-state index contributed by atoms with van der Waals surface area (Å²) < 4.78 is 0.826. The van der Waals surface area contributed by atoms with Crippen LogP contribution in [0.15, 0.2) is 46.9 Å². The standard InChI is InChI=1S/C14H11BrClNO2/c15-10-3-6-12(13(16)7-10)14(19)17-8-9-1-4-11(18)5-2-9/h1-7,18H,8H2,(H,17,19). The summed E-state index contributed by atoms with van der Waals surface area (Å²) in [4.78, 5) is 12.0. The van der Waals surface area contributed by atoms with Crippen LogP contribution in [0.1, 0.15) is 15.9 Å². The summed E-state index contributed by atoms with van der Waals surface area (Å²) in [6.45, 7) is 0.380. The molecule has 0 heterocycles. The molecule has 5 heteroatoms. The fourth-order valence-electron chi connectivity index (χ4n) is 1.56. The van der Waals surface area contributed by atoms with Crippen molar-refractivity contribution in [2.45, 2.75) is 6.54 Å². The second-order valence-corrected chi connectivity index (χ2v) is 5.30. The van der Waals surface area contributed by atoms with Crippen LogP contribution in [0.3, 0.4) is 0 Å². The van der Waals surface area contributed by atoms with E-state index < -0.39 is 0 Å². The Morgan fingerprint density at radius 3 is 2.53 bits per heavy atom. The van der Waals surface area contributed by atoms with Crippen LogP contribution in [-0.4, -0.2) is 11.0 Å². The van der Waals surface area contributed by atoms with Crippen molar-refractivity contribution in [2.24, 2.45) is 0 Å². The smallest absolute Gasteiger partial charge is 0.253 e. The summed E-state index contributed by atoms with van der Waals surface area (Å²) in [6, 6.07) is 11.8. The first-order valence-electron chi connectivity index (χ1n) is 5.57. The highest BCUT2D eigenvalue weighted by atomic mass is 79.9. The minimum atomic E-state index is -0.231. The van der Waals surface area contributed by atoms with Crippen LogP contribution in [0.25, 0.3) is 0 Å². The van der Waals surface area contributed by atoms with E-state index in [0.29, 0.717) is 17.1 Å². The third-order valence-corrected chi connectivity index (χ3v) is 3.37. The molecule has 0 aliphatic rings. The number of carbonyl (C=O) groups is 1. The summed E-state index contributed by atoms with van der Waals surface area (Å²) in [6.07, 6.45) is 0. The molecular formula is C14H11BrClNO2. The minimum Gasteiger partial charge on any atom is -0.508 e. The number of phenolic OH excluding ortho intramolecular Hbond substituents is 1. The molecule has 0 aliphatic heterocycles. The van der Waals surface area contributed by atoms with Gasteiger partial charge in [0.1, 0.15) is 5.75 Å². The Bertz CT molecular complexity index is 599. The van der Waals surface area contributed by atoms with Crippen LogP contribution in [0.2, 0.25) is 5.02 Å². The number of hydrogen-bond donors (Lipinski definition) is 2. The lowest BCUT2D eigenvalue weighted by Crippen LogP contribution is -2.23. The van der Waals surface area contributed by atoms with Crippen LogP contribution in [-0.2, 0) is 6.54 Å². The van der Waals surface area contributed by atoms with Gasteiger partial charge in [0, 0.05) is 11.0 Å². The quantitative estimate of drug-likeness (QED) is 0.894. The lowest BCUT2D eigenvalue weighted by Gasteiger charge is -2.07. The topological polar surface area (TPSA) is 49.3 Å². The maximum atomic E-state index is 12.0. The first kappa shape index (κ1) is 13.9. The molecule has 3 nitrogen and oxygen atoms in total. The van der Waals surface area contributed by atoms with E-state index in [0.717, 1.165) is 10.0 Å². The summed E-state index contributed by atoms with van der Waals surface area (Å²) in [7, 11) is 0. The summed E-state index contributed by atoms with van der Waals surface area (Å²) in [5.41, 5.74) is 1.34. The maximum absolute atomic E-state index is 12.0. The Morgan fingerprint density at radius 2 is 1.89 bits per heavy atom. The number of benzene rings is 2. The first-order valence-corrected chi connectivity index (χ1v) is 6.74. The summed E-state index contributed by atoms with van der Waals surface area (Å²) in [5.74, 6) is -0.0309. The van der Waals surface area contributed by atoms with Gasteiger partial charge in [-0.05, 0) is 35.9 Å². The number of carbonyl (C=O) groups excluding carboxylic acids is 1. The minimum absolute atomic E-state index is 0.200. The molecule has 0 unspecified atom stereocenters. The van der Waals surface area contributed by atoms with Crippen LogP contribution in [0, 0.1) is 0 Å². The number of rotatable bonds is 3. The molecule has 0 bridgehead atoms. The Morgan fingerprint density at radius 1 is 1.21 bits per heavy atom. The number of hydrogen-bond acceptors (Lipinski definition) is 2. The van der Waals surface area contributed by atoms with Crippen LogP contribution < -0.4 is 5.32 Å². The molecular weight excluding hydrogens is 330 g/mol. The fourth-order valence-corrected chi connectivity index (χ4v) is 2.32. The predicted molar refractivity (Wildman–Crippen MR) is 78.4 cm³/mol. The van der Waals surface area contributed by atoms with Gasteiger partial charge >= 0.3 is 0 Å². The van der Waals surface area contributed by atoms with E-state index in [-0.39, 0.29) is 11.7 Å². The Balaban J connectivity index is 2.03. The Labute approximate surface area is 124 Å². The SMILES string of the molecule is O=C(NCc1ccc(O)cc1)c1ccc(Br)cc1Cl. The average Bonchev–Trinajstić information content (AvgIpc) is 2.37. The van der Waals surface area contributed by atoms with E-state index in [2.05, 4.69) is 21.2 Å². The van der Waals surface area contributed by atoms with Crippen molar-refractivity contribution in [1.29, 1.82) is 0 Å². The van der Waals surface area contributed by atoms with Gasteiger partial charge in [-0.3, -0.25) is 4.79 Å². The van der Waals surface area contributed by atoms with Gasteiger partial charge in [-0.25, -0.2) is 0 Å². The summed E-state index contributed by atoms with van der Waals surface area (Å²) >= 11 is 9.29. The normalized spacial score (nSPS) is 10.2. The molecule has 19 heavy (non-hydrogen) atoms. The zero-order chi connectivity index (χ0) is 13.8.